The molecular formula is C19H31NO3. The number of carbonyl (C=O) groups is 1. The molecule has 0 amide bonds. The van der Waals surface area contributed by atoms with Crippen molar-refractivity contribution in [3.63, 3.8) is 0 Å². The number of hydrogen-bond donors (Lipinski definition) is 0. The summed E-state index contributed by atoms with van der Waals surface area (Å²) >= 11 is 0. The molecule has 3 saturated carbocycles. The van der Waals surface area contributed by atoms with E-state index < -0.39 is 0 Å². The molecule has 0 radical (unpaired) electrons. The molecule has 8 atom stereocenters. The summed E-state index contributed by atoms with van der Waals surface area (Å²) < 4.78 is 12.2. The number of nitrogens with zero attached hydrogens (tertiary/aromatic N) is 1. The molecule has 0 aromatic carbocycles. The minimum Gasteiger partial charge on any atom is -0.379 e. The largest absolute Gasteiger partial charge is 0.379 e. The van der Waals surface area contributed by atoms with Crippen molar-refractivity contribution in [3.8, 4) is 0 Å². The van der Waals surface area contributed by atoms with Crippen LogP contribution in [0.5, 0.6) is 0 Å². The van der Waals surface area contributed by atoms with Crippen molar-refractivity contribution in [2.75, 3.05) is 20.7 Å². The molecule has 4 rings (SSSR count). The molecule has 0 bridgehead atoms. The number of methoxy groups -OCH3 is 1. The highest BCUT2D eigenvalue weighted by Gasteiger charge is 2.68. The fraction of sp³-hybridized carbons (Fsp3) is 0.947. The molecule has 4 heteroatoms. The molecule has 1 heterocycles. The molecule has 1 saturated heterocycles. The topological polar surface area (TPSA) is 38.8 Å². The summed E-state index contributed by atoms with van der Waals surface area (Å²) in [5, 5.41) is 0. The standard InChI is InChI=1S/C19H31NO3/c1-5-20(3)13-10-11-6-9-15(22-4)17-16(11)19(2)12(13)7-8-14(21)18(19)23-17/h11-13,15-18H,5-10H2,1-4H3/t11?,12-,13+,15?,16?,17?,18-,19-/m0/s1. The van der Waals surface area contributed by atoms with Crippen LogP contribution in [0.2, 0.25) is 0 Å². The Morgan fingerprint density at radius 3 is 2.83 bits per heavy atom. The van der Waals surface area contributed by atoms with Crippen LogP contribution in [0.3, 0.4) is 0 Å². The monoisotopic (exact) mass is 321 g/mol. The summed E-state index contributed by atoms with van der Waals surface area (Å²) in [6.45, 7) is 5.69. The average Bonchev–Trinajstić information content (AvgIpc) is 2.88. The normalized spacial score (nSPS) is 51.9. The summed E-state index contributed by atoms with van der Waals surface area (Å²) in [6, 6.07) is 0.600. The molecule has 4 fully saturated rings. The lowest BCUT2D eigenvalue weighted by atomic mass is 9.48. The first-order valence-corrected chi connectivity index (χ1v) is 9.43. The van der Waals surface area contributed by atoms with Gasteiger partial charge in [-0.3, -0.25) is 4.79 Å². The van der Waals surface area contributed by atoms with Gasteiger partial charge in [-0.2, -0.15) is 0 Å². The molecule has 3 aliphatic carbocycles. The smallest absolute Gasteiger partial charge is 0.162 e. The van der Waals surface area contributed by atoms with Gasteiger partial charge < -0.3 is 14.4 Å². The molecule has 1 aliphatic heterocycles. The van der Waals surface area contributed by atoms with E-state index in [9.17, 15) is 4.79 Å². The zero-order valence-electron chi connectivity index (χ0n) is 15.0. The molecule has 0 spiro atoms. The Hall–Kier alpha value is -0.450. The zero-order chi connectivity index (χ0) is 16.4. The lowest BCUT2D eigenvalue weighted by molar-refractivity contribution is -0.147. The third-order valence-corrected chi connectivity index (χ3v) is 7.80. The van der Waals surface area contributed by atoms with Crippen molar-refractivity contribution >= 4 is 5.78 Å². The van der Waals surface area contributed by atoms with Crippen molar-refractivity contribution in [3.05, 3.63) is 0 Å². The zero-order valence-corrected chi connectivity index (χ0v) is 15.0. The van der Waals surface area contributed by atoms with Gasteiger partial charge in [0.25, 0.3) is 0 Å². The van der Waals surface area contributed by atoms with E-state index in [4.69, 9.17) is 9.47 Å². The van der Waals surface area contributed by atoms with E-state index in [2.05, 4.69) is 25.8 Å². The van der Waals surface area contributed by atoms with E-state index in [0.717, 1.165) is 19.4 Å². The minimum absolute atomic E-state index is 0.00815. The van der Waals surface area contributed by atoms with Crippen molar-refractivity contribution in [1.82, 2.24) is 4.90 Å². The van der Waals surface area contributed by atoms with Crippen LogP contribution in [-0.2, 0) is 14.3 Å². The molecule has 130 valence electrons. The fourth-order valence-electron chi connectivity index (χ4n) is 6.66. The number of ketones is 1. The first kappa shape index (κ1) is 16.0. The van der Waals surface area contributed by atoms with Gasteiger partial charge in [-0.1, -0.05) is 13.8 Å². The number of Topliss-reactive ketones (excluding diaryl/α,β-unsaturated/α-hetero) is 1. The van der Waals surface area contributed by atoms with Crippen LogP contribution in [0.1, 0.15) is 46.0 Å². The Kier molecular flexibility index (Phi) is 3.86. The lowest BCUT2D eigenvalue weighted by Gasteiger charge is -2.58. The quantitative estimate of drug-likeness (QED) is 0.800. The van der Waals surface area contributed by atoms with Gasteiger partial charge in [-0.25, -0.2) is 0 Å². The maximum atomic E-state index is 12.7. The molecule has 0 N–H and O–H groups in total. The summed E-state index contributed by atoms with van der Waals surface area (Å²) in [6.07, 6.45) is 5.42. The van der Waals surface area contributed by atoms with Crippen LogP contribution in [0, 0.1) is 23.2 Å². The van der Waals surface area contributed by atoms with E-state index >= 15 is 0 Å². The van der Waals surface area contributed by atoms with Crippen LogP contribution in [-0.4, -0.2) is 55.7 Å². The van der Waals surface area contributed by atoms with Crippen LogP contribution in [0.25, 0.3) is 0 Å². The highest BCUT2D eigenvalue weighted by atomic mass is 16.6. The minimum atomic E-state index is -0.192. The summed E-state index contributed by atoms with van der Waals surface area (Å²) in [7, 11) is 4.06. The van der Waals surface area contributed by atoms with E-state index in [1.165, 1.54) is 12.8 Å². The molecule has 0 aromatic heterocycles. The Morgan fingerprint density at radius 1 is 1.35 bits per heavy atom. The van der Waals surface area contributed by atoms with Gasteiger partial charge in [-0.15, -0.1) is 0 Å². The second-order valence-corrected chi connectivity index (χ2v) is 8.47. The third-order valence-electron chi connectivity index (χ3n) is 7.80. The van der Waals surface area contributed by atoms with Crippen molar-refractivity contribution in [2.24, 2.45) is 23.2 Å². The van der Waals surface area contributed by atoms with Gasteiger partial charge >= 0.3 is 0 Å². The van der Waals surface area contributed by atoms with Gasteiger partial charge in [-0.05, 0) is 57.0 Å². The van der Waals surface area contributed by atoms with Crippen molar-refractivity contribution in [2.45, 2.75) is 70.3 Å². The van der Waals surface area contributed by atoms with Crippen molar-refractivity contribution in [1.29, 1.82) is 0 Å². The number of hydrogen-bond acceptors (Lipinski definition) is 4. The Balaban J connectivity index is 1.76. The summed E-state index contributed by atoms with van der Waals surface area (Å²) in [5.41, 5.74) is 0.00815. The average molecular weight is 321 g/mol. The highest BCUT2D eigenvalue weighted by Crippen LogP contribution is 2.64. The van der Waals surface area contributed by atoms with E-state index in [0.29, 0.717) is 36.0 Å². The molecule has 4 nitrogen and oxygen atoms in total. The molecular weight excluding hydrogens is 290 g/mol. The first-order chi connectivity index (χ1) is 11.0. The Morgan fingerprint density at radius 2 is 2.13 bits per heavy atom. The lowest BCUT2D eigenvalue weighted by Crippen LogP contribution is -2.62. The fourth-order valence-corrected chi connectivity index (χ4v) is 6.66. The Bertz CT molecular complexity index is 495. The van der Waals surface area contributed by atoms with Gasteiger partial charge in [0.15, 0.2) is 5.78 Å². The van der Waals surface area contributed by atoms with Crippen molar-refractivity contribution < 1.29 is 14.3 Å². The number of carbonyl (C=O) groups excluding carboxylic acids is 1. The third kappa shape index (κ3) is 2.04. The summed E-state index contributed by atoms with van der Waals surface area (Å²) in [4.78, 5) is 15.2. The van der Waals surface area contributed by atoms with Gasteiger partial charge in [0.2, 0.25) is 0 Å². The number of ether oxygens (including phenoxy) is 2. The predicted octanol–water partition coefficient (Wildman–Crippen LogP) is 2.50. The van der Waals surface area contributed by atoms with Gasteiger partial charge in [0.05, 0.1) is 12.2 Å². The maximum absolute atomic E-state index is 12.7. The van der Waals surface area contributed by atoms with Crippen LogP contribution < -0.4 is 0 Å². The molecule has 0 aromatic rings. The second-order valence-electron chi connectivity index (χ2n) is 8.47. The molecule has 4 aliphatic rings. The van der Waals surface area contributed by atoms with Crippen LogP contribution in [0.15, 0.2) is 0 Å². The second kappa shape index (κ2) is 5.53. The Labute approximate surface area is 139 Å². The SMILES string of the molecule is CCN(C)[C@@H]1CC2CCC(OC)C3O[C@H]4C(=O)CC[C@@H]1[C@@]4(C)C23. The van der Waals surface area contributed by atoms with E-state index in [1.54, 1.807) is 7.11 Å². The first-order valence-electron chi connectivity index (χ1n) is 9.43. The van der Waals surface area contributed by atoms with Gasteiger partial charge in [0.1, 0.15) is 6.10 Å². The summed E-state index contributed by atoms with van der Waals surface area (Å²) in [5.74, 6) is 2.10. The molecule has 4 unspecified atom stereocenters. The highest BCUT2D eigenvalue weighted by molar-refractivity contribution is 5.85. The predicted molar refractivity (Wildman–Crippen MR) is 88.2 cm³/mol. The van der Waals surface area contributed by atoms with E-state index in [-0.39, 0.29) is 23.7 Å². The molecule has 23 heavy (non-hydrogen) atoms. The maximum Gasteiger partial charge on any atom is 0.162 e. The van der Waals surface area contributed by atoms with E-state index in [1.807, 2.05) is 0 Å². The van der Waals surface area contributed by atoms with Crippen LogP contribution in [0.4, 0.5) is 0 Å². The number of rotatable bonds is 3. The van der Waals surface area contributed by atoms with Gasteiger partial charge in [0, 0.05) is 25.0 Å². The van der Waals surface area contributed by atoms with Crippen LogP contribution >= 0.6 is 0 Å².